The van der Waals surface area contributed by atoms with Gasteiger partial charge in [-0.3, -0.25) is 19.2 Å². The van der Waals surface area contributed by atoms with Crippen LogP contribution in [0.5, 0.6) is 5.75 Å². The van der Waals surface area contributed by atoms with Gasteiger partial charge in [-0.05, 0) is 53.4 Å². The van der Waals surface area contributed by atoms with Crippen LogP contribution in [0.25, 0.3) is 11.0 Å². The Morgan fingerprint density at radius 2 is 1.34 bits per heavy atom. The highest BCUT2D eigenvalue weighted by Gasteiger charge is 2.33. The van der Waals surface area contributed by atoms with Gasteiger partial charge >= 0.3 is 5.69 Å². The summed E-state index contributed by atoms with van der Waals surface area (Å²) in [4.78, 5) is 25.3. The highest BCUT2D eigenvalue weighted by molar-refractivity contribution is 5.85. The second-order valence-electron chi connectivity index (χ2n) is 15.1. The van der Waals surface area contributed by atoms with Crippen LogP contribution in [-0.4, -0.2) is 19.2 Å². The molecule has 0 bridgehead atoms. The van der Waals surface area contributed by atoms with Crippen LogP contribution < -0.4 is 5.69 Å². The zero-order valence-electron chi connectivity index (χ0n) is 29.6. The molecular weight excluding hydrogens is 590 g/mol. The topological polar surface area (TPSA) is 115 Å². The first-order valence-electron chi connectivity index (χ1n) is 16.8. The number of hydrogen-bond acceptors (Lipinski definition) is 6. The molecule has 0 spiro atoms. The van der Waals surface area contributed by atoms with Crippen molar-refractivity contribution >= 4 is 28.1 Å². The summed E-state index contributed by atoms with van der Waals surface area (Å²) in [6.45, 7) is 20.2. The summed E-state index contributed by atoms with van der Waals surface area (Å²) in [6, 6.07) is 16.9. The Kier molecular flexibility index (Phi) is 10.5. The second-order valence-corrected chi connectivity index (χ2v) is 15.1. The van der Waals surface area contributed by atoms with Crippen LogP contribution in [0.1, 0.15) is 111 Å². The molecule has 0 atom stereocenters. The van der Waals surface area contributed by atoms with Gasteiger partial charge in [0.2, 0.25) is 0 Å². The summed E-state index contributed by atoms with van der Waals surface area (Å²) in [6.07, 6.45) is 4.24. The Bertz CT molecular complexity index is 1830. The van der Waals surface area contributed by atoms with E-state index >= 15 is 0 Å². The van der Waals surface area contributed by atoms with Gasteiger partial charge in [-0.1, -0.05) is 112 Å². The number of aromatic hydroxyl groups is 1. The molecule has 0 saturated heterocycles. The maximum Gasteiger partial charge on any atom is 0.329 e. The van der Waals surface area contributed by atoms with Crippen LogP contribution in [0.4, 0.5) is 17.1 Å². The minimum atomic E-state index is -0.578. The van der Waals surface area contributed by atoms with E-state index < -0.39 is 10.3 Å². The molecule has 9 heteroatoms. The van der Waals surface area contributed by atoms with Gasteiger partial charge in [0.05, 0.1) is 16.0 Å². The predicted octanol–water partition coefficient (Wildman–Crippen LogP) is 10.5. The normalized spacial score (nSPS) is 12.8. The van der Waals surface area contributed by atoms with Gasteiger partial charge in [-0.15, -0.1) is 10.2 Å². The predicted molar refractivity (Wildman–Crippen MR) is 191 cm³/mol. The van der Waals surface area contributed by atoms with Gasteiger partial charge in [0.15, 0.2) is 5.69 Å². The quantitative estimate of drug-likeness (QED) is 0.0888. The van der Waals surface area contributed by atoms with Gasteiger partial charge in [0.25, 0.3) is 5.69 Å². The standard InChI is InChI=1S/C38H51N5O4/c1-10-12-19-41-32-23-29(31(43(46)47)24-33(32)42(35(41)45)20-13-11-2)39-40-30-22-27(37(6,7)25-36(3,4)5)21-28(34(30)44)38(8,9)26-17-15-14-16-18-26/h14-18,21-24,44H,10-13,19-20,25H2,1-9H3/b40-39+. The summed E-state index contributed by atoms with van der Waals surface area (Å²) in [5, 5.41) is 33.1. The third-order valence-electron chi connectivity index (χ3n) is 9.06. The zero-order chi connectivity index (χ0) is 34.7. The van der Waals surface area contributed by atoms with E-state index in [4.69, 9.17) is 0 Å². The van der Waals surface area contributed by atoms with Crippen molar-refractivity contribution in [2.24, 2.45) is 15.6 Å². The fourth-order valence-electron chi connectivity index (χ4n) is 6.74. The number of phenolic OH excluding ortho intramolecular Hbond substituents is 1. The van der Waals surface area contributed by atoms with E-state index in [1.807, 2.05) is 43.3 Å². The van der Waals surface area contributed by atoms with Crippen LogP contribution in [0.15, 0.2) is 69.6 Å². The lowest BCUT2D eigenvalue weighted by molar-refractivity contribution is -0.384. The first-order chi connectivity index (χ1) is 22.0. The van der Waals surface area contributed by atoms with Crippen LogP contribution in [0, 0.1) is 15.5 Å². The Hall–Kier alpha value is -4.27. The number of phenols is 1. The molecule has 9 nitrogen and oxygen atoms in total. The minimum absolute atomic E-state index is 0.0211. The van der Waals surface area contributed by atoms with Crippen LogP contribution >= 0.6 is 0 Å². The number of aromatic nitrogens is 2. The molecule has 252 valence electrons. The number of rotatable bonds is 13. The Balaban J connectivity index is 1.95. The van der Waals surface area contributed by atoms with Crippen LogP contribution in [0.3, 0.4) is 0 Å². The van der Waals surface area contributed by atoms with Crippen molar-refractivity contribution in [2.45, 2.75) is 118 Å². The molecule has 0 amide bonds. The van der Waals surface area contributed by atoms with E-state index in [2.05, 4.69) is 71.7 Å². The number of nitro benzene ring substituents is 1. The average molecular weight is 642 g/mol. The zero-order valence-corrected chi connectivity index (χ0v) is 29.6. The molecule has 1 aromatic heterocycles. The molecular formula is C38H51N5O4. The lowest BCUT2D eigenvalue weighted by atomic mass is 9.70. The lowest BCUT2D eigenvalue weighted by Crippen LogP contribution is -2.26. The van der Waals surface area contributed by atoms with Crippen LogP contribution in [-0.2, 0) is 23.9 Å². The molecule has 0 aliphatic carbocycles. The Labute approximate surface area is 278 Å². The smallest absolute Gasteiger partial charge is 0.329 e. The third kappa shape index (κ3) is 7.66. The Morgan fingerprint density at radius 3 is 1.87 bits per heavy atom. The fourth-order valence-corrected chi connectivity index (χ4v) is 6.74. The summed E-state index contributed by atoms with van der Waals surface area (Å²) in [7, 11) is 0. The summed E-state index contributed by atoms with van der Waals surface area (Å²) >= 11 is 0. The molecule has 0 fully saturated rings. The third-order valence-corrected chi connectivity index (χ3v) is 9.06. The van der Waals surface area contributed by atoms with Gasteiger partial charge in [-0.25, -0.2) is 4.79 Å². The second kappa shape index (κ2) is 13.8. The first kappa shape index (κ1) is 35.6. The van der Waals surface area contributed by atoms with E-state index in [-0.39, 0.29) is 39.3 Å². The fraction of sp³-hybridized carbons (Fsp3) is 0.500. The van der Waals surface area contributed by atoms with Gasteiger partial charge in [-0.2, -0.15) is 0 Å². The molecule has 0 saturated carbocycles. The van der Waals surface area contributed by atoms with E-state index in [1.54, 1.807) is 15.2 Å². The van der Waals surface area contributed by atoms with Crippen molar-refractivity contribution < 1.29 is 10.0 Å². The van der Waals surface area contributed by atoms with E-state index in [9.17, 15) is 20.0 Å². The molecule has 47 heavy (non-hydrogen) atoms. The van der Waals surface area contributed by atoms with E-state index in [0.29, 0.717) is 29.7 Å². The van der Waals surface area contributed by atoms with Crippen LogP contribution in [0.2, 0.25) is 0 Å². The number of hydrogen-bond donors (Lipinski definition) is 1. The van der Waals surface area contributed by atoms with Crippen molar-refractivity contribution in [3.8, 4) is 5.75 Å². The van der Waals surface area contributed by atoms with Gasteiger partial charge in [0, 0.05) is 30.1 Å². The SMILES string of the molecule is CCCCn1c(=O)n(CCCC)c2cc([N+](=O)[O-])c(/N=N/c3cc(C(C)(C)CC(C)(C)C)cc(C(C)(C)c4ccccc4)c3O)cc21. The number of nitrogens with zero attached hydrogens (tertiary/aromatic N) is 5. The summed E-state index contributed by atoms with van der Waals surface area (Å²) < 4.78 is 3.32. The molecule has 1 heterocycles. The molecule has 4 aromatic rings. The molecule has 0 aliphatic heterocycles. The maximum absolute atomic E-state index is 13.5. The van der Waals surface area contributed by atoms with Crippen molar-refractivity contribution in [1.29, 1.82) is 0 Å². The van der Waals surface area contributed by atoms with E-state index in [0.717, 1.165) is 43.2 Å². The number of fused-ring (bicyclic) bond motifs is 1. The van der Waals surface area contributed by atoms with Gasteiger partial charge < -0.3 is 5.11 Å². The van der Waals surface area contributed by atoms with Crippen molar-refractivity contribution in [3.63, 3.8) is 0 Å². The highest BCUT2D eigenvalue weighted by Crippen LogP contribution is 2.47. The number of nitro groups is 1. The first-order valence-corrected chi connectivity index (χ1v) is 16.8. The number of azo groups is 1. The maximum atomic E-state index is 13.5. The molecule has 0 unspecified atom stereocenters. The summed E-state index contributed by atoms with van der Waals surface area (Å²) in [5.41, 5.74) is 2.86. The monoisotopic (exact) mass is 641 g/mol. The van der Waals surface area contributed by atoms with Crippen molar-refractivity contribution in [1.82, 2.24) is 9.13 Å². The Morgan fingerprint density at radius 1 is 0.787 bits per heavy atom. The summed E-state index contributed by atoms with van der Waals surface area (Å²) in [5.74, 6) is -0.0211. The van der Waals surface area contributed by atoms with Crippen molar-refractivity contribution in [2.75, 3.05) is 0 Å². The lowest BCUT2D eigenvalue weighted by Gasteiger charge is -2.35. The molecule has 0 radical (unpaired) electrons. The minimum Gasteiger partial charge on any atom is -0.505 e. The molecule has 4 rings (SSSR count). The number of benzene rings is 3. The molecule has 1 N–H and O–H groups in total. The van der Waals surface area contributed by atoms with E-state index in [1.165, 1.54) is 6.07 Å². The highest BCUT2D eigenvalue weighted by atomic mass is 16.6. The number of aryl methyl sites for hydroxylation is 2. The number of imidazole rings is 1. The van der Waals surface area contributed by atoms with Gasteiger partial charge in [0.1, 0.15) is 11.4 Å². The number of unbranched alkanes of at least 4 members (excludes halogenated alkanes) is 2. The van der Waals surface area contributed by atoms with Crippen molar-refractivity contribution in [3.05, 3.63) is 91.9 Å². The molecule has 0 aliphatic rings. The molecule has 3 aromatic carbocycles. The average Bonchev–Trinajstić information content (AvgIpc) is 3.25. The largest absolute Gasteiger partial charge is 0.505 e.